The zero-order chi connectivity index (χ0) is 18.6. The van der Waals surface area contributed by atoms with Crippen molar-refractivity contribution in [1.29, 1.82) is 0 Å². The molecule has 2 aliphatic heterocycles. The Morgan fingerprint density at radius 3 is 2.67 bits per heavy atom. The van der Waals surface area contributed by atoms with Gasteiger partial charge in [-0.1, -0.05) is 30.3 Å². The van der Waals surface area contributed by atoms with Gasteiger partial charge in [-0.15, -0.1) is 0 Å². The number of hydrogen-bond acceptors (Lipinski definition) is 5. The molecule has 4 rings (SSSR count). The highest BCUT2D eigenvalue weighted by atomic mass is 16.7. The van der Waals surface area contributed by atoms with Crippen LogP contribution in [0.4, 0.5) is 0 Å². The molecule has 2 aliphatic rings. The van der Waals surface area contributed by atoms with E-state index in [9.17, 15) is 9.90 Å². The van der Waals surface area contributed by atoms with Gasteiger partial charge in [0.2, 0.25) is 6.79 Å². The first-order valence-electron chi connectivity index (χ1n) is 9.35. The third-order valence-corrected chi connectivity index (χ3v) is 5.11. The third-order valence-electron chi connectivity index (χ3n) is 5.11. The fraction of sp³-hybridized carbons (Fsp3) is 0.381. The molecule has 1 N–H and O–H groups in total. The SMILES string of the molecule is O=C(c1ccc2c(c1)OCO2)N1CCCN(CC(O)c2ccccc2)CC1. The Morgan fingerprint density at radius 1 is 1.00 bits per heavy atom. The molecule has 0 saturated carbocycles. The van der Waals surface area contributed by atoms with Gasteiger partial charge >= 0.3 is 0 Å². The maximum Gasteiger partial charge on any atom is 0.254 e. The summed E-state index contributed by atoms with van der Waals surface area (Å²) >= 11 is 0. The van der Waals surface area contributed by atoms with E-state index in [1.165, 1.54) is 0 Å². The summed E-state index contributed by atoms with van der Waals surface area (Å²) < 4.78 is 10.7. The van der Waals surface area contributed by atoms with E-state index in [0.29, 0.717) is 36.7 Å². The van der Waals surface area contributed by atoms with Crippen LogP contribution in [-0.4, -0.2) is 60.3 Å². The molecule has 0 bridgehead atoms. The highest BCUT2D eigenvalue weighted by Gasteiger charge is 2.23. The van der Waals surface area contributed by atoms with Crippen molar-refractivity contribution >= 4 is 5.91 Å². The van der Waals surface area contributed by atoms with Gasteiger partial charge in [-0.25, -0.2) is 0 Å². The van der Waals surface area contributed by atoms with E-state index in [2.05, 4.69) is 4.90 Å². The average molecular weight is 368 g/mol. The van der Waals surface area contributed by atoms with Gasteiger partial charge in [-0.2, -0.15) is 0 Å². The summed E-state index contributed by atoms with van der Waals surface area (Å²) in [5.74, 6) is 1.32. The van der Waals surface area contributed by atoms with Crippen molar-refractivity contribution < 1.29 is 19.4 Å². The lowest BCUT2D eigenvalue weighted by molar-refractivity contribution is 0.0754. The van der Waals surface area contributed by atoms with E-state index >= 15 is 0 Å². The number of amides is 1. The molecule has 1 saturated heterocycles. The molecule has 1 fully saturated rings. The fourth-order valence-electron chi connectivity index (χ4n) is 3.59. The lowest BCUT2D eigenvalue weighted by atomic mass is 10.1. The molecule has 0 aromatic heterocycles. The normalized spacial score (nSPS) is 18.2. The van der Waals surface area contributed by atoms with Gasteiger partial charge < -0.3 is 19.5 Å². The Morgan fingerprint density at radius 2 is 1.81 bits per heavy atom. The lowest BCUT2D eigenvalue weighted by Gasteiger charge is -2.24. The molecular formula is C21H24N2O4. The van der Waals surface area contributed by atoms with E-state index < -0.39 is 6.10 Å². The van der Waals surface area contributed by atoms with Gasteiger partial charge in [0, 0.05) is 38.3 Å². The van der Waals surface area contributed by atoms with Crippen LogP contribution in [0.25, 0.3) is 0 Å². The van der Waals surface area contributed by atoms with E-state index in [1.54, 1.807) is 18.2 Å². The maximum absolute atomic E-state index is 12.9. The number of hydrogen-bond donors (Lipinski definition) is 1. The molecule has 2 aromatic carbocycles. The second-order valence-electron chi connectivity index (χ2n) is 6.94. The van der Waals surface area contributed by atoms with E-state index in [0.717, 1.165) is 25.1 Å². The van der Waals surface area contributed by atoms with Crippen molar-refractivity contribution in [2.75, 3.05) is 39.5 Å². The number of nitrogens with zero attached hydrogens (tertiary/aromatic N) is 2. The molecule has 6 nitrogen and oxygen atoms in total. The molecule has 142 valence electrons. The Kier molecular flexibility index (Phi) is 5.27. The van der Waals surface area contributed by atoms with Gasteiger partial charge in [0.15, 0.2) is 11.5 Å². The first kappa shape index (κ1) is 17.8. The second kappa shape index (κ2) is 7.98. The molecule has 1 atom stereocenters. The first-order valence-corrected chi connectivity index (χ1v) is 9.35. The molecule has 6 heteroatoms. The van der Waals surface area contributed by atoms with Crippen molar-refractivity contribution in [2.45, 2.75) is 12.5 Å². The van der Waals surface area contributed by atoms with E-state index in [4.69, 9.17) is 9.47 Å². The quantitative estimate of drug-likeness (QED) is 0.897. The van der Waals surface area contributed by atoms with Crippen LogP contribution in [0.3, 0.4) is 0 Å². The molecular weight excluding hydrogens is 344 g/mol. The molecule has 2 heterocycles. The molecule has 0 radical (unpaired) electrons. The van der Waals surface area contributed by atoms with Crippen LogP contribution < -0.4 is 9.47 Å². The monoisotopic (exact) mass is 368 g/mol. The summed E-state index contributed by atoms with van der Waals surface area (Å²) in [4.78, 5) is 17.0. The van der Waals surface area contributed by atoms with Gasteiger partial charge in [-0.05, 0) is 30.2 Å². The van der Waals surface area contributed by atoms with Crippen molar-refractivity contribution in [2.24, 2.45) is 0 Å². The molecule has 27 heavy (non-hydrogen) atoms. The number of carbonyl (C=O) groups excluding carboxylic acids is 1. The highest BCUT2D eigenvalue weighted by Crippen LogP contribution is 2.32. The summed E-state index contributed by atoms with van der Waals surface area (Å²) in [6, 6.07) is 15.0. The predicted octanol–water partition coefficient (Wildman–Crippen LogP) is 2.30. The standard InChI is InChI=1S/C21H24N2O4/c24-18(16-5-2-1-3-6-16)14-22-9-4-10-23(12-11-22)21(25)17-7-8-19-20(13-17)27-15-26-19/h1-3,5-8,13,18,24H,4,9-12,14-15H2. The summed E-state index contributed by atoms with van der Waals surface area (Å²) in [5, 5.41) is 10.5. The minimum absolute atomic E-state index is 0.0127. The number of benzene rings is 2. The minimum Gasteiger partial charge on any atom is -0.454 e. The number of aliphatic hydroxyl groups is 1. The van der Waals surface area contributed by atoms with Crippen LogP contribution in [0.5, 0.6) is 11.5 Å². The van der Waals surface area contributed by atoms with Gasteiger partial charge in [0.1, 0.15) is 0 Å². The lowest BCUT2D eigenvalue weighted by Crippen LogP contribution is -2.36. The first-order chi connectivity index (χ1) is 13.2. The van der Waals surface area contributed by atoms with Gasteiger partial charge in [-0.3, -0.25) is 9.69 Å². The number of ether oxygens (including phenoxy) is 2. The van der Waals surface area contributed by atoms with Crippen molar-refractivity contribution in [3.63, 3.8) is 0 Å². The number of fused-ring (bicyclic) bond motifs is 1. The average Bonchev–Trinajstić information content (AvgIpc) is 3.06. The number of carbonyl (C=O) groups is 1. The van der Waals surface area contributed by atoms with Crippen molar-refractivity contribution in [1.82, 2.24) is 9.80 Å². The van der Waals surface area contributed by atoms with E-state index in [1.807, 2.05) is 35.2 Å². The van der Waals surface area contributed by atoms with Crippen LogP contribution >= 0.6 is 0 Å². The topological polar surface area (TPSA) is 62.2 Å². The highest BCUT2D eigenvalue weighted by molar-refractivity contribution is 5.95. The summed E-state index contributed by atoms with van der Waals surface area (Å²) in [5.41, 5.74) is 1.55. The zero-order valence-electron chi connectivity index (χ0n) is 15.2. The number of aliphatic hydroxyl groups excluding tert-OH is 1. The smallest absolute Gasteiger partial charge is 0.254 e. The van der Waals surface area contributed by atoms with Crippen LogP contribution in [-0.2, 0) is 0 Å². The van der Waals surface area contributed by atoms with Crippen LogP contribution in [0.2, 0.25) is 0 Å². The fourth-order valence-corrected chi connectivity index (χ4v) is 3.59. The van der Waals surface area contributed by atoms with Gasteiger partial charge in [0.25, 0.3) is 5.91 Å². The molecule has 0 aliphatic carbocycles. The number of β-amino-alcohol motifs (C(OH)–C–C–N with tert-alkyl or cyclic N) is 1. The maximum atomic E-state index is 12.9. The second-order valence-corrected chi connectivity index (χ2v) is 6.94. The van der Waals surface area contributed by atoms with Crippen LogP contribution in [0.15, 0.2) is 48.5 Å². The molecule has 1 unspecified atom stereocenters. The molecule has 2 aromatic rings. The Hall–Kier alpha value is -2.57. The van der Waals surface area contributed by atoms with E-state index in [-0.39, 0.29) is 12.7 Å². The van der Waals surface area contributed by atoms with Crippen molar-refractivity contribution in [3.05, 3.63) is 59.7 Å². The Balaban J connectivity index is 1.36. The molecule has 0 spiro atoms. The summed E-state index contributed by atoms with van der Waals surface area (Å²) in [6.07, 6.45) is 0.375. The Bertz CT molecular complexity index is 796. The summed E-state index contributed by atoms with van der Waals surface area (Å²) in [7, 11) is 0. The predicted molar refractivity (Wildman–Crippen MR) is 101 cm³/mol. The van der Waals surface area contributed by atoms with Crippen molar-refractivity contribution in [3.8, 4) is 11.5 Å². The number of rotatable bonds is 4. The van der Waals surface area contributed by atoms with Crippen LogP contribution in [0.1, 0.15) is 28.4 Å². The minimum atomic E-state index is -0.512. The molecule has 1 amide bonds. The van der Waals surface area contributed by atoms with Gasteiger partial charge in [0.05, 0.1) is 6.10 Å². The Labute approximate surface area is 158 Å². The third kappa shape index (κ3) is 4.07. The van der Waals surface area contributed by atoms with Crippen LogP contribution in [0, 0.1) is 0 Å². The largest absolute Gasteiger partial charge is 0.454 e. The zero-order valence-corrected chi connectivity index (χ0v) is 15.2. The summed E-state index contributed by atoms with van der Waals surface area (Å²) in [6.45, 7) is 3.76.